The van der Waals surface area contributed by atoms with Crippen molar-refractivity contribution >= 4 is 23.4 Å². The number of carbonyl (C=O) groups is 2. The van der Waals surface area contributed by atoms with Crippen molar-refractivity contribution in [3.05, 3.63) is 34.9 Å². The fourth-order valence-corrected chi connectivity index (χ4v) is 2.79. The minimum absolute atomic E-state index is 0.00726. The maximum Gasteiger partial charge on any atom is 0.223 e. The summed E-state index contributed by atoms with van der Waals surface area (Å²) in [5.74, 6) is -0.196. The molecule has 1 fully saturated rings. The molecule has 2 amide bonds. The molecule has 2 atom stereocenters. The van der Waals surface area contributed by atoms with Gasteiger partial charge in [-0.3, -0.25) is 9.59 Å². The van der Waals surface area contributed by atoms with Gasteiger partial charge < -0.3 is 10.2 Å². The maximum atomic E-state index is 12.2. The standard InChI is InChI=1S/C16H21ClN2O2/c1-11(9-12-5-3-4-6-14(12)17)18-16(21)13-7-8-19(2)15(20)10-13/h3-6,11,13H,7-10H2,1-2H3,(H,18,21)/t11-,13+/m1/s1. The van der Waals surface area contributed by atoms with Gasteiger partial charge in [0.25, 0.3) is 0 Å². The molecule has 0 spiro atoms. The number of nitrogens with one attached hydrogen (secondary N) is 1. The Morgan fingerprint density at radius 2 is 2.19 bits per heavy atom. The molecule has 1 aromatic rings. The molecule has 2 rings (SSSR count). The van der Waals surface area contributed by atoms with Crippen LogP contribution >= 0.6 is 11.6 Å². The second-order valence-corrected chi connectivity index (χ2v) is 6.12. The fraction of sp³-hybridized carbons (Fsp3) is 0.500. The molecule has 1 N–H and O–H groups in total. The number of piperidine rings is 1. The first-order valence-corrected chi connectivity index (χ1v) is 7.63. The summed E-state index contributed by atoms with van der Waals surface area (Å²) >= 11 is 6.13. The van der Waals surface area contributed by atoms with Crippen LogP contribution in [0.4, 0.5) is 0 Å². The lowest BCUT2D eigenvalue weighted by molar-refractivity contribution is -0.139. The van der Waals surface area contributed by atoms with E-state index < -0.39 is 0 Å². The average molecular weight is 309 g/mol. The van der Waals surface area contributed by atoms with Gasteiger partial charge in [-0.15, -0.1) is 0 Å². The van der Waals surface area contributed by atoms with Crippen LogP contribution < -0.4 is 5.32 Å². The minimum Gasteiger partial charge on any atom is -0.353 e. The second kappa shape index (κ2) is 6.94. The summed E-state index contributed by atoms with van der Waals surface area (Å²) in [4.78, 5) is 25.6. The van der Waals surface area contributed by atoms with Gasteiger partial charge in [0, 0.05) is 37.0 Å². The molecule has 5 heteroatoms. The summed E-state index contributed by atoms with van der Waals surface area (Å²) in [6.45, 7) is 2.60. The van der Waals surface area contributed by atoms with Crippen LogP contribution in [-0.2, 0) is 16.0 Å². The molecule has 114 valence electrons. The van der Waals surface area contributed by atoms with E-state index in [-0.39, 0.29) is 23.8 Å². The quantitative estimate of drug-likeness (QED) is 0.927. The van der Waals surface area contributed by atoms with E-state index in [0.29, 0.717) is 24.4 Å². The van der Waals surface area contributed by atoms with Crippen LogP contribution in [0, 0.1) is 5.92 Å². The first kappa shape index (κ1) is 15.8. The zero-order valence-corrected chi connectivity index (χ0v) is 13.2. The van der Waals surface area contributed by atoms with Crippen LogP contribution in [0.15, 0.2) is 24.3 Å². The van der Waals surface area contributed by atoms with Gasteiger partial charge in [0.2, 0.25) is 11.8 Å². The van der Waals surface area contributed by atoms with E-state index in [1.165, 1.54) is 0 Å². The Kier molecular flexibility index (Phi) is 5.23. The third-order valence-electron chi connectivity index (χ3n) is 3.90. The molecule has 0 radical (unpaired) electrons. The summed E-state index contributed by atoms with van der Waals surface area (Å²) < 4.78 is 0. The highest BCUT2D eigenvalue weighted by atomic mass is 35.5. The molecule has 4 nitrogen and oxygen atoms in total. The Labute approximate surface area is 130 Å². The molecule has 21 heavy (non-hydrogen) atoms. The number of nitrogens with zero attached hydrogens (tertiary/aromatic N) is 1. The molecule has 1 aliphatic rings. The third-order valence-corrected chi connectivity index (χ3v) is 4.27. The van der Waals surface area contributed by atoms with Crippen LogP contribution in [0.1, 0.15) is 25.3 Å². The minimum atomic E-state index is -0.206. The summed E-state index contributed by atoms with van der Waals surface area (Å²) in [5, 5.41) is 3.71. The van der Waals surface area contributed by atoms with Gasteiger partial charge in [0.1, 0.15) is 0 Å². The maximum absolute atomic E-state index is 12.2. The second-order valence-electron chi connectivity index (χ2n) is 5.71. The number of rotatable bonds is 4. The molecule has 0 aliphatic carbocycles. The van der Waals surface area contributed by atoms with E-state index in [1.807, 2.05) is 31.2 Å². The van der Waals surface area contributed by atoms with E-state index >= 15 is 0 Å². The average Bonchev–Trinajstić information content (AvgIpc) is 2.44. The lowest BCUT2D eigenvalue weighted by atomic mass is 9.95. The highest BCUT2D eigenvalue weighted by molar-refractivity contribution is 6.31. The van der Waals surface area contributed by atoms with Crippen molar-refractivity contribution in [3.63, 3.8) is 0 Å². The molecular formula is C16H21ClN2O2. The molecule has 1 heterocycles. The van der Waals surface area contributed by atoms with Crippen LogP contribution in [0.2, 0.25) is 5.02 Å². The number of hydrogen-bond donors (Lipinski definition) is 1. The Bertz CT molecular complexity index is 533. The smallest absolute Gasteiger partial charge is 0.223 e. The van der Waals surface area contributed by atoms with Crippen LogP contribution in [0.3, 0.4) is 0 Å². The van der Waals surface area contributed by atoms with E-state index in [1.54, 1.807) is 11.9 Å². The van der Waals surface area contributed by atoms with Crippen molar-refractivity contribution < 1.29 is 9.59 Å². The summed E-state index contributed by atoms with van der Waals surface area (Å²) in [6.07, 6.45) is 1.72. The van der Waals surface area contributed by atoms with Crippen LogP contribution in [-0.4, -0.2) is 36.3 Å². The van der Waals surface area contributed by atoms with Gasteiger partial charge in [0.15, 0.2) is 0 Å². The molecule has 0 aromatic heterocycles. The number of benzene rings is 1. The molecule has 1 aliphatic heterocycles. The highest BCUT2D eigenvalue weighted by Gasteiger charge is 2.29. The fourth-order valence-electron chi connectivity index (χ4n) is 2.57. The van der Waals surface area contributed by atoms with Gasteiger partial charge in [-0.05, 0) is 31.4 Å². The molecular weight excluding hydrogens is 288 g/mol. The largest absolute Gasteiger partial charge is 0.353 e. The normalized spacial score (nSPS) is 20.2. The first-order valence-electron chi connectivity index (χ1n) is 7.25. The molecule has 0 unspecified atom stereocenters. The van der Waals surface area contributed by atoms with Crippen LogP contribution in [0.25, 0.3) is 0 Å². The molecule has 0 saturated carbocycles. The van der Waals surface area contributed by atoms with E-state index in [4.69, 9.17) is 11.6 Å². The number of amides is 2. The van der Waals surface area contributed by atoms with Crippen molar-refractivity contribution in [2.24, 2.45) is 5.92 Å². The van der Waals surface area contributed by atoms with Gasteiger partial charge in [-0.25, -0.2) is 0 Å². The number of hydrogen-bond acceptors (Lipinski definition) is 2. The first-order chi connectivity index (χ1) is 9.97. The van der Waals surface area contributed by atoms with Crippen molar-refractivity contribution in [1.29, 1.82) is 0 Å². The van der Waals surface area contributed by atoms with Crippen molar-refractivity contribution in [2.75, 3.05) is 13.6 Å². The van der Waals surface area contributed by atoms with Crippen LogP contribution in [0.5, 0.6) is 0 Å². The van der Waals surface area contributed by atoms with Gasteiger partial charge >= 0.3 is 0 Å². The number of carbonyl (C=O) groups excluding carboxylic acids is 2. The van der Waals surface area contributed by atoms with Crippen molar-refractivity contribution in [2.45, 2.75) is 32.2 Å². The van der Waals surface area contributed by atoms with E-state index in [9.17, 15) is 9.59 Å². The monoisotopic (exact) mass is 308 g/mol. The number of likely N-dealkylation sites (tertiary alicyclic amines) is 1. The van der Waals surface area contributed by atoms with Gasteiger partial charge in [-0.2, -0.15) is 0 Å². The lowest BCUT2D eigenvalue weighted by Crippen LogP contribution is -2.44. The Morgan fingerprint density at radius 1 is 1.48 bits per heavy atom. The molecule has 1 saturated heterocycles. The zero-order chi connectivity index (χ0) is 15.4. The number of halogens is 1. The lowest BCUT2D eigenvalue weighted by Gasteiger charge is -2.28. The third kappa shape index (κ3) is 4.21. The Balaban J connectivity index is 1.88. The summed E-state index contributed by atoms with van der Waals surface area (Å²) in [6, 6.07) is 7.63. The summed E-state index contributed by atoms with van der Waals surface area (Å²) in [7, 11) is 1.77. The van der Waals surface area contributed by atoms with Gasteiger partial charge in [0.05, 0.1) is 0 Å². The SMILES string of the molecule is C[C@H](Cc1ccccc1Cl)NC(=O)[C@H]1CCN(C)C(=O)C1. The Hall–Kier alpha value is -1.55. The predicted molar refractivity (Wildman–Crippen MR) is 83.1 cm³/mol. The topological polar surface area (TPSA) is 49.4 Å². The van der Waals surface area contributed by atoms with Crippen molar-refractivity contribution in [3.8, 4) is 0 Å². The molecule has 0 bridgehead atoms. The van der Waals surface area contributed by atoms with E-state index in [0.717, 1.165) is 12.0 Å². The Morgan fingerprint density at radius 3 is 2.86 bits per heavy atom. The summed E-state index contributed by atoms with van der Waals surface area (Å²) in [5.41, 5.74) is 1.02. The van der Waals surface area contributed by atoms with Crippen molar-refractivity contribution in [1.82, 2.24) is 10.2 Å². The zero-order valence-electron chi connectivity index (χ0n) is 12.4. The predicted octanol–water partition coefficient (Wildman–Crippen LogP) is 2.26. The highest BCUT2D eigenvalue weighted by Crippen LogP contribution is 2.19. The van der Waals surface area contributed by atoms with E-state index in [2.05, 4.69) is 5.32 Å². The van der Waals surface area contributed by atoms with Gasteiger partial charge in [-0.1, -0.05) is 29.8 Å². The molecule has 1 aromatic carbocycles.